The molecule has 1 amide bonds. The summed E-state index contributed by atoms with van der Waals surface area (Å²) in [5.74, 6) is 0.0961. The summed E-state index contributed by atoms with van der Waals surface area (Å²) in [6.45, 7) is 0.365. The molecule has 1 aliphatic heterocycles. The molecule has 19 heavy (non-hydrogen) atoms. The predicted octanol–water partition coefficient (Wildman–Crippen LogP) is 1.20. The average molecular weight is 347 g/mol. The van der Waals surface area contributed by atoms with Crippen molar-refractivity contribution >= 4 is 37.4 Å². The maximum absolute atomic E-state index is 12.0. The molecule has 1 heterocycles. The van der Waals surface area contributed by atoms with Crippen molar-refractivity contribution in [1.29, 1.82) is 0 Å². The summed E-state index contributed by atoms with van der Waals surface area (Å²) in [6, 6.07) is 5.06. The van der Waals surface area contributed by atoms with Crippen LogP contribution < -0.4 is 11.1 Å². The van der Waals surface area contributed by atoms with Crippen LogP contribution in [0.2, 0.25) is 0 Å². The van der Waals surface area contributed by atoms with Gasteiger partial charge in [0.25, 0.3) is 5.91 Å². The molecule has 0 aromatic heterocycles. The lowest BCUT2D eigenvalue weighted by atomic mass is 10.1. The number of hydrogen-bond acceptors (Lipinski definition) is 4. The van der Waals surface area contributed by atoms with E-state index < -0.39 is 9.84 Å². The Labute approximate surface area is 120 Å². The Hall–Kier alpha value is -1.08. The second kappa shape index (κ2) is 5.50. The number of sulfone groups is 1. The summed E-state index contributed by atoms with van der Waals surface area (Å²) in [7, 11) is -2.91. The fourth-order valence-electron chi connectivity index (χ4n) is 2.09. The van der Waals surface area contributed by atoms with Crippen LogP contribution in [0.4, 0.5) is 5.69 Å². The summed E-state index contributed by atoms with van der Waals surface area (Å²) >= 11 is 3.28. The molecule has 1 aliphatic rings. The molecule has 0 bridgehead atoms. The zero-order chi connectivity index (χ0) is 14.0. The Morgan fingerprint density at radius 1 is 1.47 bits per heavy atom. The van der Waals surface area contributed by atoms with Crippen molar-refractivity contribution in [3.05, 3.63) is 28.2 Å². The van der Waals surface area contributed by atoms with E-state index in [0.29, 0.717) is 24.2 Å². The smallest absolute Gasteiger partial charge is 0.253 e. The van der Waals surface area contributed by atoms with Gasteiger partial charge < -0.3 is 11.1 Å². The number of carbonyl (C=O) groups is 1. The first-order valence-corrected chi connectivity index (χ1v) is 8.52. The quantitative estimate of drug-likeness (QED) is 0.804. The highest BCUT2D eigenvalue weighted by atomic mass is 79.9. The van der Waals surface area contributed by atoms with Crippen LogP contribution in [-0.4, -0.2) is 32.4 Å². The molecule has 2 rings (SSSR count). The number of nitrogens with two attached hydrogens (primary N) is 1. The van der Waals surface area contributed by atoms with Crippen LogP contribution in [0.1, 0.15) is 16.8 Å². The molecule has 0 aliphatic carbocycles. The molecule has 0 radical (unpaired) electrons. The van der Waals surface area contributed by atoms with E-state index >= 15 is 0 Å². The van der Waals surface area contributed by atoms with Crippen LogP contribution in [0, 0.1) is 5.92 Å². The van der Waals surface area contributed by atoms with Crippen LogP contribution in [0.3, 0.4) is 0 Å². The van der Waals surface area contributed by atoms with Gasteiger partial charge in [0.05, 0.1) is 17.1 Å². The predicted molar refractivity (Wildman–Crippen MR) is 77.6 cm³/mol. The normalized spacial score (nSPS) is 21.2. The maximum Gasteiger partial charge on any atom is 0.253 e. The number of hydrogen-bond donors (Lipinski definition) is 2. The molecule has 0 saturated carbocycles. The van der Waals surface area contributed by atoms with Gasteiger partial charge in [-0.15, -0.1) is 0 Å². The molecule has 1 atom stereocenters. The second-order valence-electron chi connectivity index (χ2n) is 4.71. The molecule has 0 spiro atoms. The fraction of sp³-hybridized carbons (Fsp3) is 0.417. The first kappa shape index (κ1) is 14.3. The molecule has 3 N–H and O–H groups in total. The molecular weight excluding hydrogens is 332 g/mol. The van der Waals surface area contributed by atoms with E-state index in [1.165, 1.54) is 0 Å². The molecule has 7 heteroatoms. The maximum atomic E-state index is 12.0. The summed E-state index contributed by atoms with van der Waals surface area (Å²) in [5.41, 5.74) is 6.54. The summed E-state index contributed by atoms with van der Waals surface area (Å²) in [6.07, 6.45) is 0.608. The molecule has 1 aromatic rings. The van der Waals surface area contributed by atoms with E-state index in [9.17, 15) is 13.2 Å². The summed E-state index contributed by atoms with van der Waals surface area (Å²) < 4.78 is 23.4. The average Bonchev–Trinajstić information content (AvgIpc) is 2.69. The van der Waals surface area contributed by atoms with E-state index in [-0.39, 0.29) is 23.3 Å². The first-order chi connectivity index (χ1) is 8.87. The summed E-state index contributed by atoms with van der Waals surface area (Å²) in [5, 5.41) is 2.74. The number of benzene rings is 1. The number of nitrogen functional groups attached to an aromatic ring is 1. The topological polar surface area (TPSA) is 89.3 Å². The zero-order valence-electron chi connectivity index (χ0n) is 10.2. The second-order valence-corrected chi connectivity index (χ2v) is 7.86. The largest absolute Gasteiger partial charge is 0.398 e. The minimum Gasteiger partial charge on any atom is -0.398 e. The highest BCUT2D eigenvalue weighted by molar-refractivity contribution is 9.10. The molecule has 5 nitrogen and oxygen atoms in total. The van der Waals surface area contributed by atoms with Gasteiger partial charge in [0.2, 0.25) is 0 Å². The molecular formula is C12H15BrN2O3S. The number of amides is 1. The lowest BCUT2D eigenvalue weighted by Gasteiger charge is -2.11. The zero-order valence-corrected chi connectivity index (χ0v) is 12.6. The standard InChI is InChI=1S/C12H15BrN2O3S/c13-9-1-2-11(14)10(5-9)12(16)15-6-8-3-4-19(17,18)7-8/h1-2,5,8H,3-4,6-7,14H2,(H,15,16). The van der Waals surface area contributed by atoms with Crippen molar-refractivity contribution in [3.8, 4) is 0 Å². The highest BCUT2D eigenvalue weighted by Gasteiger charge is 2.28. The van der Waals surface area contributed by atoms with Gasteiger partial charge in [-0.3, -0.25) is 4.79 Å². The third kappa shape index (κ3) is 3.70. The highest BCUT2D eigenvalue weighted by Crippen LogP contribution is 2.20. The third-order valence-corrected chi connectivity index (χ3v) is 5.47. The Balaban J connectivity index is 1.97. The van der Waals surface area contributed by atoms with Gasteiger partial charge in [-0.25, -0.2) is 8.42 Å². The molecule has 1 unspecified atom stereocenters. The SMILES string of the molecule is Nc1ccc(Br)cc1C(=O)NCC1CCS(=O)(=O)C1. The van der Waals surface area contributed by atoms with Crippen molar-refractivity contribution in [2.45, 2.75) is 6.42 Å². The minimum atomic E-state index is -2.91. The van der Waals surface area contributed by atoms with Crippen LogP contribution >= 0.6 is 15.9 Å². The van der Waals surface area contributed by atoms with Gasteiger partial charge in [-0.2, -0.15) is 0 Å². The van der Waals surface area contributed by atoms with Crippen molar-refractivity contribution < 1.29 is 13.2 Å². The van der Waals surface area contributed by atoms with Crippen LogP contribution in [0.25, 0.3) is 0 Å². The van der Waals surface area contributed by atoms with E-state index in [4.69, 9.17) is 5.73 Å². The van der Waals surface area contributed by atoms with Gasteiger partial charge in [0, 0.05) is 16.7 Å². The molecule has 1 fully saturated rings. The molecule has 1 aromatic carbocycles. The lowest BCUT2D eigenvalue weighted by Crippen LogP contribution is -2.30. The van der Waals surface area contributed by atoms with Crippen molar-refractivity contribution in [3.63, 3.8) is 0 Å². The fourth-order valence-corrected chi connectivity index (χ4v) is 4.31. The van der Waals surface area contributed by atoms with Crippen molar-refractivity contribution in [2.75, 3.05) is 23.8 Å². The number of carbonyl (C=O) groups excluding carboxylic acids is 1. The van der Waals surface area contributed by atoms with E-state index in [2.05, 4.69) is 21.2 Å². The monoisotopic (exact) mass is 346 g/mol. The Bertz CT molecular complexity index is 601. The van der Waals surface area contributed by atoms with Crippen LogP contribution in [0.5, 0.6) is 0 Å². The van der Waals surface area contributed by atoms with Crippen molar-refractivity contribution in [2.24, 2.45) is 5.92 Å². The molecule has 1 saturated heterocycles. The van der Waals surface area contributed by atoms with Gasteiger partial charge in [-0.05, 0) is 30.5 Å². The Kier molecular flexibility index (Phi) is 4.15. The number of anilines is 1. The number of halogens is 1. The minimum absolute atomic E-state index is 0.00216. The third-order valence-electron chi connectivity index (χ3n) is 3.14. The van der Waals surface area contributed by atoms with Gasteiger partial charge in [0.15, 0.2) is 9.84 Å². The van der Waals surface area contributed by atoms with Crippen LogP contribution in [0.15, 0.2) is 22.7 Å². The van der Waals surface area contributed by atoms with Gasteiger partial charge >= 0.3 is 0 Å². The van der Waals surface area contributed by atoms with E-state index in [1.807, 2.05) is 0 Å². The summed E-state index contributed by atoms with van der Waals surface area (Å²) in [4.78, 5) is 12.0. The van der Waals surface area contributed by atoms with E-state index in [0.717, 1.165) is 4.47 Å². The first-order valence-electron chi connectivity index (χ1n) is 5.91. The lowest BCUT2D eigenvalue weighted by molar-refractivity contribution is 0.0949. The number of rotatable bonds is 3. The number of nitrogens with one attached hydrogen (secondary N) is 1. The van der Waals surface area contributed by atoms with Crippen molar-refractivity contribution in [1.82, 2.24) is 5.32 Å². The van der Waals surface area contributed by atoms with Gasteiger partial charge in [-0.1, -0.05) is 15.9 Å². The van der Waals surface area contributed by atoms with E-state index in [1.54, 1.807) is 18.2 Å². The Morgan fingerprint density at radius 2 is 2.21 bits per heavy atom. The Morgan fingerprint density at radius 3 is 2.84 bits per heavy atom. The van der Waals surface area contributed by atoms with Crippen LogP contribution in [-0.2, 0) is 9.84 Å². The molecule has 104 valence electrons. The van der Waals surface area contributed by atoms with Gasteiger partial charge in [0.1, 0.15) is 0 Å².